The SMILES string of the molecule is CCCCN(C)C(=O)CN(CCC)CCC. The number of hydrogen-bond donors (Lipinski definition) is 0. The maximum Gasteiger partial charge on any atom is 0.236 e. The fourth-order valence-corrected chi connectivity index (χ4v) is 1.73. The van der Waals surface area contributed by atoms with Gasteiger partial charge in [-0.1, -0.05) is 27.2 Å². The van der Waals surface area contributed by atoms with Gasteiger partial charge < -0.3 is 4.90 Å². The van der Waals surface area contributed by atoms with Gasteiger partial charge in [0.05, 0.1) is 6.54 Å². The van der Waals surface area contributed by atoms with Gasteiger partial charge in [0.25, 0.3) is 0 Å². The standard InChI is InChI=1S/C13H28N2O/c1-5-8-11-14(4)13(16)12-15(9-6-2)10-7-3/h5-12H2,1-4H3. The molecule has 0 atom stereocenters. The second kappa shape index (κ2) is 9.64. The lowest BCUT2D eigenvalue weighted by molar-refractivity contribution is -0.131. The van der Waals surface area contributed by atoms with Gasteiger partial charge in [-0.15, -0.1) is 0 Å². The van der Waals surface area contributed by atoms with E-state index >= 15 is 0 Å². The van der Waals surface area contributed by atoms with Gasteiger partial charge in [-0.3, -0.25) is 9.69 Å². The van der Waals surface area contributed by atoms with Gasteiger partial charge in [0.2, 0.25) is 5.91 Å². The van der Waals surface area contributed by atoms with E-state index in [0.29, 0.717) is 6.54 Å². The zero-order valence-electron chi connectivity index (χ0n) is 11.5. The number of carbonyl (C=O) groups is 1. The van der Waals surface area contributed by atoms with Crippen LogP contribution in [0.4, 0.5) is 0 Å². The van der Waals surface area contributed by atoms with Crippen molar-refractivity contribution in [2.24, 2.45) is 0 Å². The Bertz CT molecular complexity index is 177. The lowest BCUT2D eigenvalue weighted by Gasteiger charge is -2.24. The number of unbranched alkanes of at least 4 members (excludes halogenated alkanes) is 1. The van der Waals surface area contributed by atoms with Gasteiger partial charge in [0, 0.05) is 13.6 Å². The molecule has 3 nitrogen and oxygen atoms in total. The molecule has 0 rings (SSSR count). The third-order valence-corrected chi connectivity index (χ3v) is 2.71. The molecule has 0 aliphatic carbocycles. The first kappa shape index (κ1) is 15.4. The molecule has 0 radical (unpaired) electrons. The Labute approximate surface area is 101 Å². The molecule has 0 saturated heterocycles. The van der Waals surface area contributed by atoms with Crippen molar-refractivity contribution in [1.82, 2.24) is 9.80 Å². The van der Waals surface area contributed by atoms with E-state index in [1.165, 1.54) is 0 Å². The van der Waals surface area contributed by atoms with Crippen molar-refractivity contribution in [3.8, 4) is 0 Å². The molecule has 1 amide bonds. The van der Waals surface area contributed by atoms with E-state index in [1.54, 1.807) is 0 Å². The number of hydrogen-bond acceptors (Lipinski definition) is 2. The Kier molecular flexibility index (Phi) is 9.30. The summed E-state index contributed by atoms with van der Waals surface area (Å²) < 4.78 is 0. The van der Waals surface area contributed by atoms with Crippen molar-refractivity contribution in [3.05, 3.63) is 0 Å². The molecular formula is C13H28N2O. The summed E-state index contributed by atoms with van der Waals surface area (Å²) in [4.78, 5) is 16.0. The molecule has 0 spiro atoms. The fraction of sp³-hybridized carbons (Fsp3) is 0.923. The average molecular weight is 228 g/mol. The molecule has 0 heterocycles. The molecule has 3 heteroatoms. The van der Waals surface area contributed by atoms with Crippen LogP contribution in [0.2, 0.25) is 0 Å². The number of rotatable bonds is 9. The van der Waals surface area contributed by atoms with Crippen LogP contribution in [0.1, 0.15) is 46.5 Å². The number of nitrogens with zero attached hydrogens (tertiary/aromatic N) is 2. The number of amides is 1. The van der Waals surface area contributed by atoms with Crippen LogP contribution in [0.25, 0.3) is 0 Å². The smallest absolute Gasteiger partial charge is 0.236 e. The van der Waals surface area contributed by atoms with Gasteiger partial charge in [-0.05, 0) is 32.4 Å². The first-order valence-electron chi connectivity index (χ1n) is 6.61. The number of likely N-dealkylation sites (N-methyl/N-ethyl adjacent to an activating group) is 1. The third kappa shape index (κ3) is 6.83. The highest BCUT2D eigenvalue weighted by atomic mass is 16.2. The zero-order chi connectivity index (χ0) is 12.4. The third-order valence-electron chi connectivity index (χ3n) is 2.71. The van der Waals surface area contributed by atoms with Crippen LogP contribution < -0.4 is 0 Å². The molecule has 0 saturated carbocycles. The second-order valence-corrected chi connectivity index (χ2v) is 4.44. The monoisotopic (exact) mass is 228 g/mol. The minimum absolute atomic E-state index is 0.260. The Hall–Kier alpha value is -0.570. The van der Waals surface area contributed by atoms with E-state index in [-0.39, 0.29) is 5.91 Å². The van der Waals surface area contributed by atoms with Crippen LogP contribution in [0.15, 0.2) is 0 Å². The predicted molar refractivity (Wildman–Crippen MR) is 69.6 cm³/mol. The molecule has 0 aromatic heterocycles. The Morgan fingerprint density at radius 1 is 0.938 bits per heavy atom. The van der Waals surface area contributed by atoms with Crippen LogP contribution in [0.5, 0.6) is 0 Å². The summed E-state index contributed by atoms with van der Waals surface area (Å²) in [5.41, 5.74) is 0. The highest BCUT2D eigenvalue weighted by molar-refractivity contribution is 5.77. The quantitative estimate of drug-likeness (QED) is 0.605. The van der Waals surface area contributed by atoms with Gasteiger partial charge in [-0.2, -0.15) is 0 Å². The molecule has 0 bridgehead atoms. The molecular weight excluding hydrogens is 200 g/mol. The molecule has 16 heavy (non-hydrogen) atoms. The average Bonchev–Trinajstić information content (AvgIpc) is 2.26. The molecule has 0 aliphatic heterocycles. The fourth-order valence-electron chi connectivity index (χ4n) is 1.73. The number of carbonyl (C=O) groups excluding carboxylic acids is 1. The summed E-state index contributed by atoms with van der Waals surface area (Å²) in [6.07, 6.45) is 4.48. The Morgan fingerprint density at radius 2 is 1.50 bits per heavy atom. The minimum atomic E-state index is 0.260. The van der Waals surface area contributed by atoms with Crippen LogP contribution in [0.3, 0.4) is 0 Å². The molecule has 96 valence electrons. The van der Waals surface area contributed by atoms with E-state index in [1.807, 2.05) is 11.9 Å². The Balaban J connectivity index is 3.96. The van der Waals surface area contributed by atoms with Crippen molar-refractivity contribution >= 4 is 5.91 Å². The highest BCUT2D eigenvalue weighted by Crippen LogP contribution is 1.98. The van der Waals surface area contributed by atoms with Crippen LogP contribution in [-0.2, 0) is 4.79 Å². The topological polar surface area (TPSA) is 23.6 Å². The van der Waals surface area contributed by atoms with Crippen molar-refractivity contribution in [2.45, 2.75) is 46.5 Å². The minimum Gasteiger partial charge on any atom is -0.345 e. The summed E-state index contributed by atoms with van der Waals surface area (Å²) in [5, 5.41) is 0. The highest BCUT2D eigenvalue weighted by Gasteiger charge is 2.12. The molecule has 0 unspecified atom stereocenters. The zero-order valence-corrected chi connectivity index (χ0v) is 11.5. The summed E-state index contributed by atoms with van der Waals surface area (Å²) in [5.74, 6) is 0.260. The van der Waals surface area contributed by atoms with Crippen LogP contribution in [0, 0.1) is 0 Å². The summed E-state index contributed by atoms with van der Waals surface area (Å²) >= 11 is 0. The maximum absolute atomic E-state index is 11.9. The second-order valence-electron chi connectivity index (χ2n) is 4.44. The van der Waals surface area contributed by atoms with E-state index in [9.17, 15) is 4.79 Å². The first-order chi connectivity index (χ1) is 7.65. The molecule has 0 aromatic rings. The summed E-state index contributed by atoms with van der Waals surface area (Å²) in [7, 11) is 1.91. The van der Waals surface area contributed by atoms with Crippen molar-refractivity contribution in [1.29, 1.82) is 0 Å². The Morgan fingerprint density at radius 3 is 1.94 bits per heavy atom. The first-order valence-corrected chi connectivity index (χ1v) is 6.61. The van der Waals surface area contributed by atoms with E-state index in [4.69, 9.17) is 0 Å². The normalized spacial score (nSPS) is 10.8. The van der Waals surface area contributed by atoms with Crippen LogP contribution >= 0.6 is 0 Å². The van der Waals surface area contributed by atoms with Gasteiger partial charge >= 0.3 is 0 Å². The van der Waals surface area contributed by atoms with E-state index in [0.717, 1.165) is 45.3 Å². The van der Waals surface area contributed by atoms with Crippen LogP contribution in [-0.4, -0.2) is 48.9 Å². The maximum atomic E-state index is 11.9. The van der Waals surface area contributed by atoms with E-state index in [2.05, 4.69) is 25.7 Å². The molecule has 0 aromatic carbocycles. The largest absolute Gasteiger partial charge is 0.345 e. The van der Waals surface area contributed by atoms with Crippen molar-refractivity contribution in [2.75, 3.05) is 33.2 Å². The summed E-state index contributed by atoms with van der Waals surface area (Å²) in [6, 6.07) is 0. The van der Waals surface area contributed by atoms with Gasteiger partial charge in [-0.25, -0.2) is 0 Å². The van der Waals surface area contributed by atoms with E-state index < -0.39 is 0 Å². The molecule has 0 fully saturated rings. The summed E-state index contributed by atoms with van der Waals surface area (Å²) in [6.45, 7) is 10.0. The van der Waals surface area contributed by atoms with Crippen molar-refractivity contribution in [3.63, 3.8) is 0 Å². The lowest BCUT2D eigenvalue weighted by Crippen LogP contribution is -2.39. The molecule has 0 aliphatic rings. The molecule has 0 N–H and O–H groups in total. The lowest BCUT2D eigenvalue weighted by atomic mass is 10.3. The van der Waals surface area contributed by atoms with Gasteiger partial charge in [0.15, 0.2) is 0 Å². The predicted octanol–water partition coefficient (Wildman–Crippen LogP) is 2.37. The van der Waals surface area contributed by atoms with Crippen molar-refractivity contribution < 1.29 is 4.79 Å². The van der Waals surface area contributed by atoms with Gasteiger partial charge in [0.1, 0.15) is 0 Å².